The summed E-state index contributed by atoms with van der Waals surface area (Å²) < 4.78 is 24.8. The molecule has 0 aliphatic carbocycles. The molecule has 0 aromatic heterocycles. The fraction of sp³-hybridized carbons (Fsp3) is 0.269. The lowest BCUT2D eigenvalue weighted by Gasteiger charge is -2.25. The number of hydrogen-bond donors (Lipinski definition) is 2. The van der Waals surface area contributed by atoms with Crippen LogP contribution in [0.25, 0.3) is 0 Å². The van der Waals surface area contributed by atoms with E-state index in [4.69, 9.17) is 9.47 Å². The van der Waals surface area contributed by atoms with Crippen LogP contribution in [0.2, 0.25) is 0 Å². The van der Waals surface area contributed by atoms with Gasteiger partial charge in [0.1, 0.15) is 12.4 Å². The van der Waals surface area contributed by atoms with Gasteiger partial charge >= 0.3 is 0 Å². The fourth-order valence-corrected chi connectivity index (χ4v) is 5.35. The van der Waals surface area contributed by atoms with Gasteiger partial charge in [0.05, 0.1) is 13.0 Å². The maximum Gasteiger partial charge on any atom is 0.256 e. The molecule has 8 nitrogen and oxygen atoms in total. The van der Waals surface area contributed by atoms with E-state index in [-0.39, 0.29) is 23.4 Å². The molecule has 180 valence electrons. The summed E-state index contributed by atoms with van der Waals surface area (Å²) in [5.41, 5.74) is 0.970. The van der Waals surface area contributed by atoms with Gasteiger partial charge in [-0.3, -0.25) is 20.2 Å². The second-order valence-electron chi connectivity index (χ2n) is 8.83. The molecule has 0 saturated carbocycles. The highest BCUT2D eigenvalue weighted by atomic mass is 19.1. The molecule has 0 bridgehead atoms. The highest BCUT2D eigenvalue weighted by Gasteiger charge is 2.67. The Hall–Kier alpha value is -3.98. The maximum atomic E-state index is 13.5. The third-order valence-corrected chi connectivity index (χ3v) is 6.82. The van der Waals surface area contributed by atoms with Gasteiger partial charge in [-0.25, -0.2) is 4.39 Å². The molecule has 2 aliphatic rings. The Bertz CT molecular complexity index is 1320. The quantitative estimate of drug-likeness (QED) is 0.411. The molecule has 1 amide bonds. The van der Waals surface area contributed by atoms with Crippen molar-refractivity contribution in [3.63, 3.8) is 0 Å². The second-order valence-corrected chi connectivity index (χ2v) is 8.83. The van der Waals surface area contributed by atoms with E-state index in [1.807, 2.05) is 6.92 Å². The van der Waals surface area contributed by atoms with Gasteiger partial charge in [-0.05, 0) is 48.4 Å². The molecule has 1 saturated heterocycles. The molecule has 5 rings (SSSR count). The number of hydrogen-bond acceptors (Lipinski definition) is 6. The Balaban J connectivity index is 1.49. The average molecular weight is 477 g/mol. The van der Waals surface area contributed by atoms with Crippen molar-refractivity contribution in [2.24, 2.45) is 0 Å². The Labute approximate surface area is 201 Å². The highest BCUT2D eigenvalue weighted by Crippen LogP contribution is 2.50. The van der Waals surface area contributed by atoms with Crippen molar-refractivity contribution in [1.82, 2.24) is 5.32 Å². The number of methoxy groups -OCH3 is 1. The number of rotatable bonds is 6. The first-order valence-electron chi connectivity index (χ1n) is 11.2. The molecule has 35 heavy (non-hydrogen) atoms. The lowest BCUT2D eigenvalue weighted by Crippen LogP contribution is -2.54. The summed E-state index contributed by atoms with van der Waals surface area (Å²) in [6.07, 6.45) is 0. The molecule has 2 N–H and O–H groups in total. The van der Waals surface area contributed by atoms with Crippen molar-refractivity contribution in [1.29, 1.82) is 0 Å². The first kappa shape index (κ1) is 22.8. The van der Waals surface area contributed by atoms with E-state index in [0.717, 1.165) is 0 Å². The first-order chi connectivity index (χ1) is 16.8. The third kappa shape index (κ3) is 3.68. The lowest BCUT2D eigenvalue weighted by molar-refractivity contribution is -0.532. The zero-order valence-electron chi connectivity index (χ0n) is 19.2. The van der Waals surface area contributed by atoms with Gasteiger partial charge in [-0.1, -0.05) is 36.4 Å². The van der Waals surface area contributed by atoms with Crippen LogP contribution >= 0.6 is 0 Å². The van der Waals surface area contributed by atoms with Crippen molar-refractivity contribution < 1.29 is 23.6 Å². The average Bonchev–Trinajstić information content (AvgIpc) is 3.31. The van der Waals surface area contributed by atoms with Gasteiger partial charge in [0.25, 0.3) is 11.9 Å². The van der Waals surface area contributed by atoms with E-state index < -0.39 is 23.4 Å². The van der Waals surface area contributed by atoms with Crippen molar-refractivity contribution >= 4 is 11.6 Å². The maximum absolute atomic E-state index is 13.5. The van der Waals surface area contributed by atoms with Gasteiger partial charge in [0.15, 0.2) is 17.0 Å². The summed E-state index contributed by atoms with van der Waals surface area (Å²) in [6.45, 7) is 1.97. The van der Waals surface area contributed by atoms with Crippen LogP contribution in [0.15, 0.2) is 66.7 Å². The monoisotopic (exact) mass is 477 g/mol. The van der Waals surface area contributed by atoms with Crippen LogP contribution in [0.4, 0.5) is 10.1 Å². The van der Waals surface area contributed by atoms with Crippen molar-refractivity contribution in [2.75, 3.05) is 12.4 Å². The van der Waals surface area contributed by atoms with Crippen molar-refractivity contribution in [3.8, 4) is 11.5 Å². The zero-order valence-corrected chi connectivity index (χ0v) is 19.2. The largest absolute Gasteiger partial charge is 0.493 e. The molecule has 9 heteroatoms. The minimum atomic E-state index is -1.48. The number of halogens is 1. The van der Waals surface area contributed by atoms with Crippen LogP contribution in [-0.4, -0.2) is 30.0 Å². The van der Waals surface area contributed by atoms with Gasteiger partial charge in [0, 0.05) is 22.2 Å². The van der Waals surface area contributed by atoms with Crippen LogP contribution < -0.4 is 20.1 Å². The SMILES string of the molecule is COc1cc([C@@H]2[C@H](C)N[C@]3(C(=O)Nc4ccccc43)[C@@H]2[N+](=O)[O-])ccc1OCc1cccc(F)c1. The number of nitrogens with one attached hydrogen (secondary N) is 2. The predicted octanol–water partition coefficient (Wildman–Crippen LogP) is 3.98. The van der Waals surface area contributed by atoms with Gasteiger partial charge < -0.3 is 14.8 Å². The normalized spacial score (nSPS) is 24.8. The zero-order chi connectivity index (χ0) is 24.7. The van der Waals surface area contributed by atoms with Crippen LogP contribution in [0.3, 0.4) is 0 Å². The van der Waals surface area contributed by atoms with Crippen LogP contribution in [-0.2, 0) is 16.9 Å². The molecule has 2 heterocycles. The number of nitro groups is 1. The lowest BCUT2D eigenvalue weighted by atomic mass is 9.78. The summed E-state index contributed by atoms with van der Waals surface area (Å²) in [5.74, 6) is -0.584. The van der Waals surface area contributed by atoms with Crippen molar-refractivity contribution in [2.45, 2.75) is 37.1 Å². The van der Waals surface area contributed by atoms with Crippen LogP contribution in [0.5, 0.6) is 11.5 Å². The summed E-state index contributed by atoms with van der Waals surface area (Å²) in [6, 6.07) is 16.7. The summed E-state index contributed by atoms with van der Waals surface area (Å²) in [5, 5.41) is 18.5. The number of benzene rings is 3. The molecular weight excluding hydrogens is 453 g/mol. The van der Waals surface area contributed by atoms with Gasteiger partial charge in [-0.15, -0.1) is 0 Å². The number of fused-ring (bicyclic) bond motifs is 2. The summed E-state index contributed by atoms with van der Waals surface area (Å²) in [4.78, 5) is 25.2. The van der Waals surface area contributed by atoms with Crippen LogP contribution in [0, 0.1) is 15.9 Å². The van der Waals surface area contributed by atoms with Gasteiger partial charge in [-0.2, -0.15) is 0 Å². The summed E-state index contributed by atoms with van der Waals surface area (Å²) in [7, 11) is 1.48. The van der Waals surface area contributed by atoms with E-state index in [9.17, 15) is 19.3 Å². The van der Waals surface area contributed by atoms with E-state index in [2.05, 4.69) is 10.6 Å². The van der Waals surface area contributed by atoms with E-state index >= 15 is 0 Å². The minimum absolute atomic E-state index is 0.131. The summed E-state index contributed by atoms with van der Waals surface area (Å²) >= 11 is 0. The molecule has 3 aromatic carbocycles. The third-order valence-electron chi connectivity index (χ3n) is 6.82. The number of carbonyl (C=O) groups is 1. The van der Waals surface area contributed by atoms with Crippen LogP contribution in [0.1, 0.15) is 29.5 Å². The number of ether oxygens (including phenoxy) is 2. The molecule has 0 unspecified atom stereocenters. The predicted molar refractivity (Wildman–Crippen MR) is 127 cm³/mol. The Morgan fingerprint density at radius 1 is 1.09 bits per heavy atom. The molecular formula is C26H24FN3O5. The topological polar surface area (TPSA) is 103 Å². The van der Waals surface area contributed by atoms with E-state index in [1.54, 1.807) is 54.6 Å². The van der Waals surface area contributed by atoms with Gasteiger partial charge in [0.2, 0.25) is 0 Å². The Morgan fingerprint density at radius 2 is 1.89 bits per heavy atom. The molecule has 3 aromatic rings. The van der Waals surface area contributed by atoms with Crippen molar-refractivity contribution in [3.05, 3.63) is 99.4 Å². The molecule has 0 radical (unpaired) electrons. The number of carbonyl (C=O) groups excluding carboxylic acids is 1. The molecule has 1 spiro atoms. The number of amides is 1. The Morgan fingerprint density at radius 3 is 2.63 bits per heavy atom. The smallest absolute Gasteiger partial charge is 0.256 e. The highest BCUT2D eigenvalue weighted by molar-refractivity contribution is 6.07. The standard InChI is InChI=1S/C26H24FN3O5/c1-15-23(24(30(32)33)26(29-15)19-8-3-4-9-20(19)28-25(26)31)17-10-11-21(22(13-17)34-2)35-14-16-6-5-7-18(27)12-16/h3-13,15,23-24,29H,14H2,1-2H3,(H,28,31)/t15-,23-,24+,26-/m0/s1. The second kappa shape index (κ2) is 8.66. The fourth-order valence-electron chi connectivity index (χ4n) is 5.35. The molecule has 1 fully saturated rings. The first-order valence-corrected chi connectivity index (χ1v) is 11.2. The van der Waals surface area contributed by atoms with E-state index in [0.29, 0.717) is 33.9 Å². The number of nitrogens with zero attached hydrogens (tertiary/aromatic N) is 1. The van der Waals surface area contributed by atoms with E-state index in [1.165, 1.54) is 19.2 Å². The molecule has 2 aliphatic heterocycles. The molecule has 4 atom stereocenters. The number of anilines is 1. The Kier molecular flexibility index (Phi) is 5.64. The minimum Gasteiger partial charge on any atom is -0.493 e. The number of para-hydroxylation sites is 1.